The maximum Gasteiger partial charge on any atom is 0.101 e. The van der Waals surface area contributed by atoms with Gasteiger partial charge >= 0.3 is 0 Å². The lowest BCUT2D eigenvalue weighted by Gasteiger charge is -1.76. The van der Waals surface area contributed by atoms with Gasteiger partial charge in [0.25, 0.3) is 0 Å². The fourth-order valence-corrected chi connectivity index (χ4v) is 1.89. The maximum atomic E-state index is 5.08. The first kappa shape index (κ1) is 19.3. The Labute approximate surface area is 117 Å². The van der Waals surface area contributed by atoms with Gasteiger partial charge in [0.05, 0.1) is 0 Å². The van der Waals surface area contributed by atoms with E-state index in [0.29, 0.717) is 0 Å². The molecule has 0 aromatic carbocycles. The molecule has 0 radical (unpaired) electrons. The number of furan rings is 1. The van der Waals surface area contributed by atoms with Gasteiger partial charge in [0, 0.05) is 9.75 Å². The van der Waals surface area contributed by atoms with Crippen molar-refractivity contribution in [3.05, 3.63) is 45.5 Å². The lowest BCUT2D eigenvalue weighted by molar-refractivity contribution is 0.504. The lowest BCUT2D eigenvalue weighted by atomic mass is 10.5. The van der Waals surface area contributed by atoms with Crippen LogP contribution in [0.15, 0.2) is 28.7 Å². The van der Waals surface area contributed by atoms with Crippen LogP contribution in [0.25, 0.3) is 0 Å². The monoisotopic (exact) mass is 268 g/mol. The second-order valence-electron chi connectivity index (χ2n) is 3.31. The summed E-state index contributed by atoms with van der Waals surface area (Å²) in [6, 6.07) is 8.19. The molecule has 0 spiro atoms. The van der Waals surface area contributed by atoms with Crippen LogP contribution >= 0.6 is 11.3 Å². The summed E-state index contributed by atoms with van der Waals surface area (Å²) in [6.45, 7) is 16.1. The summed E-state index contributed by atoms with van der Waals surface area (Å²) in [5.74, 6) is 1.97. The minimum Gasteiger partial charge on any atom is -0.467 e. The molecule has 2 aromatic rings. The summed E-state index contributed by atoms with van der Waals surface area (Å²) in [5, 5.41) is 0. The van der Waals surface area contributed by atoms with E-state index in [4.69, 9.17) is 4.42 Å². The van der Waals surface area contributed by atoms with Gasteiger partial charge in [-0.15, -0.1) is 11.3 Å². The summed E-state index contributed by atoms with van der Waals surface area (Å²) < 4.78 is 5.08. The molecule has 0 amide bonds. The maximum absolute atomic E-state index is 5.08. The molecule has 1 nitrogen and oxygen atoms in total. The van der Waals surface area contributed by atoms with E-state index in [1.165, 1.54) is 9.75 Å². The molecule has 2 heteroatoms. The Bertz CT molecular complexity index is 314. The van der Waals surface area contributed by atoms with Gasteiger partial charge in [-0.05, 0) is 52.0 Å². The lowest BCUT2D eigenvalue weighted by Crippen LogP contribution is -1.53. The zero-order chi connectivity index (χ0) is 14.6. The third-order valence-corrected chi connectivity index (χ3v) is 2.67. The van der Waals surface area contributed by atoms with Crippen LogP contribution in [-0.2, 0) is 0 Å². The molecular weight excluding hydrogens is 240 g/mol. The predicted molar refractivity (Wildman–Crippen MR) is 84.7 cm³/mol. The molecule has 0 bridgehead atoms. The molecule has 2 aromatic heterocycles. The SMILES string of the molecule is CC.CC.Cc1ccc(C)o1.Cc1ccc(C)s1. The van der Waals surface area contributed by atoms with E-state index in [1.807, 2.05) is 65.0 Å². The average Bonchev–Trinajstić information content (AvgIpc) is 2.93. The van der Waals surface area contributed by atoms with Crippen molar-refractivity contribution in [1.29, 1.82) is 0 Å². The van der Waals surface area contributed by atoms with Crippen molar-refractivity contribution in [2.24, 2.45) is 0 Å². The molecule has 0 fully saturated rings. The van der Waals surface area contributed by atoms with Gasteiger partial charge in [-0.1, -0.05) is 27.7 Å². The highest BCUT2D eigenvalue weighted by molar-refractivity contribution is 7.11. The third-order valence-electron chi connectivity index (χ3n) is 1.75. The van der Waals surface area contributed by atoms with E-state index in [0.717, 1.165) is 11.5 Å². The molecule has 0 saturated carbocycles. The van der Waals surface area contributed by atoms with Gasteiger partial charge in [0.2, 0.25) is 0 Å². The standard InChI is InChI=1S/C6H8O.C6H8S.2C2H6/c2*1-5-3-4-6(2)7-5;2*1-2/h2*3-4H,1-2H3;2*1-2H3. The molecule has 104 valence electrons. The number of hydrogen-bond acceptors (Lipinski definition) is 2. The van der Waals surface area contributed by atoms with E-state index in [9.17, 15) is 0 Å². The molecular formula is C16H28OS. The Morgan fingerprint density at radius 3 is 1.11 bits per heavy atom. The molecule has 0 saturated heterocycles. The molecule has 0 aliphatic heterocycles. The van der Waals surface area contributed by atoms with Crippen LogP contribution in [0.1, 0.15) is 49.0 Å². The quantitative estimate of drug-likeness (QED) is 0.545. The minimum absolute atomic E-state index is 0.984. The fourth-order valence-electron chi connectivity index (χ4n) is 1.11. The van der Waals surface area contributed by atoms with Crippen LogP contribution in [0.3, 0.4) is 0 Å². The second kappa shape index (κ2) is 12.4. The van der Waals surface area contributed by atoms with Crippen LogP contribution in [0.2, 0.25) is 0 Å². The first-order valence-electron chi connectivity index (χ1n) is 6.64. The van der Waals surface area contributed by atoms with Crippen molar-refractivity contribution in [2.75, 3.05) is 0 Å². The van der Waals surface area contributed by atoms with E-state index < -0.39 is 0 Å². The van der Waals surface area contributed by atoms with E-state index >= 15 is 0 Å². The van der Waals surface area contributed by atoms with Crippen molar-refractivity contribution in [3.63, 3.8) is 0 Å². The third kappa shape index (κ3) is 10.2. The van der Waals surface area contributed by atoms with Crippen molar-refractivity contribution in [3.8, 4) is 0 Å². The van der Waals surface area contributed by atoms with Crippen LogP contribution < -0.4 is 0 Å². The molecule has 0 unspecified atom stereocenters. The first-order valence-corrected chi connectivity index (χ1v) is 7.45. The second-order valence-corrected chi connectivity index (χ2v) is 4.81. The number of aryl methyl sites for hydroxylation is 4. The first-order chi connectivity index (χ1) is 8.58. The smallest absolute Gasteiger partial charge is 0.101 e. The van der Waals surface area contributed by atoms with Gasteiger partial charge in [0.15, 0.2) is 0 Å². The van der Waals surface area contributed by atoms with Gasteiger partial charge < -0.3 is 4.42 Å². The highest BCUT2D eigenvalue weighted by Gasteiger charge is 1.86. The van der Waals surface area contributed by atoms with E-state index in [1.54, 1.807) is 0 Å². The largest absolute Gasteiger partial charge is 0.467 e. The molecule has 2 heterocycles. The van der Waals surface area contributed by atoms with E-state index in [2.05, 4.69) is 26.0 Å². The number of rotatable bonds is 0. The summed E-state index contributed by atoms with van der Waals surface area (Å²) in [4.78, 5) is 2.80. The molecule has 0 aliphatic carbocycles. The Morgan fingerprint density at radius 1 is 0.667 bits per heavy atom. The number of hydrogen-bond donors (Lipinski definition) is 0. The Morgan fingerprint density at radius 2 is 1.00 bits per heavy atom. The molecule has 2 rings (SSSR count). The highest BCUT2D eigenvalue weighted by atomic mass is 32.1. The van der Waals surface area contributed by atoms with Gasteiger partial charge in [0.1, 0.15) is 11.5 Å². The highest BCUT2D eigenvalue weighted by Crippen LogP contribution is 2.12. The van der Waals surface area contributed by atoms with Crippen LogP contribution in [-0.4, -0.2) is 0 Å². The zero-order valence-electron chi connectivity index (χ0n) is 13.1. The number of thiophene rings is 1. The van der Waals surface area contributed by atoms with Crippen LogP contribution in [0.5, 0.6) is 0 Å². The summed E-state index contributed by atoms with van der Waals surface area (Å²) in [6.07, 6.45) is 0. The average molecular weight is 268 g/mol. The molecule has 0 atom stereocenters. The topological polar surface area (TPSA) is 13.1 Å². The fraction of sp³-hybridized carbons (Fsp3) is 0.500. The van der Waals surface area contributed by atoms with Crippen molar-refractivity contribution in [2.45, 2.75) is 55.4 Å². The zero-order valence-corrected chi connectivity index (χ0v) is 13.9. The van der Waals surface area contributed by atoms with Crippen molar-refractivity contribution < 1.29 is 4.42 Å². The summed E-state index contributed by atoms with van der Waals surface area (Å²) >= 11 is 1.84. The predicted octanol–water partition coefficient (Wildman–Crippen LogP) is 6.31. The van der Waals surface area contributed by atoms with Crippen molar-refractivity contribution >= 4 is 11.3 Å². The Balaban J connectivity index is 0. The van der Waals surface area contributed by atoms with Crippen molar-refractivity contribution in [1.82, 2.24) is 0 Å². The van der Waals surface area contributed by atoms with E-state index in [-0.39, 0.29) is 0 Å². The van der Waals surface area contributed by atoms with Gasteiger partial charge in [-0.2, -0.15) is 0 Å². The normalized spacial score (nSPS) is 8.00. The van der Waals surface area contributed by atoms with Gasteiger partial charge in [-0.25, -0.2) is 0 Å². The van der Waals surface area contributed by atoms with Gasteiger partial charge in [-0.3, -0.25) is 0 Å². The van der Waals surface area contributed by atoms with Crippen LogP contribution in [0, 0.1) is 27.7 Å². The minimum atomic E-state index is 0.984. The van der Waals surface area contributed by atoms with Crippen LogP contribution in [0.4, 0.5) is 0 Å². The molecule has 0 aliphatic rings. The Kier molecular flexibility index (Phi) is 13.4. The Hall–Kier alpha value is -1.02. The summed E-state index contributed by atoms with van der Waals surface area (Å²) in [5.41, 5.74) is 0. The molecule has 0 N–H and O–H groups in total. The molecule has 18 heavy (non-hydrogen) atoms. The summed E-state index contributed by atoms with van der Waals surface area (Å²) in [7, 11) is 0.